The average molecular weight is 251 g/mol. The van der Waals surface area contributed by atoms with Crippen LogP contribution in [0.3, 0.4) is 0 Å². The van der Waals surface area contributed by atoms with Gasteiger partial charge in [-0.05, 0) is 19.4 Å². The molecule has 0 spiro atoms. The van der Waals surface area contributed by atoms with Crippen molar-refractivity contribution in [3.63, 3.8) is 0 Å². The Labute approximate surface area is 95.1 Å². The van der Waals surface area contributed by atoms with Crippen LogP contribution in [0.1, 0.15) is 19.3 Å². The second-order valence-corrected chi connectivity index (χ2v) is 5.06. The van der Waals surface area contributed by atoms with Crippen LogP contribution in [-0.2, 0) is 14.9 Å². The van der Waals surface area contributed by atoms with E-state index in [-0.39, 0.29) is 6.04 Å². The fourth-order valence-electron chi connectivity index (χ4n) is 1.52. The van der Waals surface area contributed by atoms with Gasteiger partial charge in [0.2, 0.25) is 0 Å². The van der Waals surface area contributed by atoms with Gasteiger partial charge in [-0.1, -0.05) is 6.42 Å². The predicted molar refractivity (Wildman–Crippen MR) is 58.1 cm³/mol. The van der Waals surface area contributed by atoms with E-state index in [1.807, 2.05) is 0 Å². The third kappa shape index (κ3) is 4.77. The van der Waals surface area contributed by atoms with E-state index >= 15 is 0 Å². The van der Waals surface area contributed by atoms with Crippen LogP contribution < -0.4 is 14.8 Å². The van der Waals surface area contributed by atoms with Crippen LogP contribution in [0.4, 0.5) is 4.79 Å². The number of methoxy groups -OCH3 is 1. The fraction of sp³-hybridized carbons (Fsp3) is 0.875. The Morgan fingerprint density at radius 2 is 2.19 bits per heavy atom. The molecule has 0 bridgehead atoms. The molecule has 0 aromatic rings. The van der Waals surface area contributed by atoms with Gasteiger partial charge in [-0.3, -0.25) is 0 Å². The van der Waals surface area contributed by atoms with Gasteiger partial charge in [0.1, 0.15) is 0 Å². The first kappa shape index (κ1) is 13.2. The smallest absolute Gasteiger partial charge is 0.421 e. The Hall–Kier alpha value is -0.860. The first-order valence-corrected chi connectivity index (χ1v) is 6.60. The minimum atomic E-state index is -3.82. The van der Waals surface area contributed by atoms with Crippen LogP contribution in [0.5, 0.6) is 0 Å². The molecule has 1 rings (SSSR count). The molecule has 0 aliphatic carbocycles. The van der Waals surface area contributed by atoms with Crippen LogP contribution >= 0.6 is 0 Å². The summed E-state index contributed by atoms with van der Waals surface area (Å²) in [4.78, 5) is 10.8. The van der Waals surface area contributed by atoms with Gasteiger partial charge in [-0.15, -0.1) is 0 Å². The van der Waals surface area contributed by atoms with Gasteiger partial charge in [-0.2, -0.15) is 13.1 Å². The quantitative estimate of drug-likeness (QED) is 0.617. The van der Waals surface area contributed by atoms with Gasteiger partial charge >= 0.3 is 16.3 Å². The highest BCUT2D eigenvalue weighted by molar-refractivity contribution is 7.88. The van der Waals surface area contributed by atoms with E-state index in [4.69, 9.17) is 0 Å². The zero-order valence-electron chi connectivity index (χ0n) is 9.15. The number of rotatable bonds is 3. The molecule has 94 valence electrons. The minimum absolute atomic E-state index is 0.190. The minimum Gasteiger partial charge on any atom is -0.452 e. The second kappa shape index (κ2) is 6.02. The highest BCUT2D eigenvalue weighted by atomic mass is 32.2. The van der Waals surface area contributed by atoms with Crippen molar-refractivity contribution in [1.29, 1.82) is 0 Å². The standard InChI is InChI=1S/C8H17N3O4S/c1-15-8(12)11-16(13,14)10-7-4-2-3-5-9-6-7/h7,9-10H,2-6H2,1H3,(H,11,12). The number of amides is 1. The Balaban J connectivity index is 2.47. The van der Waals surface area contributed by atoms with Crippen LogP contribution in [0.15, 0.2) is 0 Å². The molecule has 1 fully saturated rings. The van der Waals surface area contributed by atoms with Crippen molar-refractivity contribution in [2.24, 2.45) is 0 Å². The molecule has 1 atom stereocenters. The van der Waals surface area contributed by atoms with Crippen molar-refractivity contribution in [1.82, 2.24) is 14.8 Å². The van der Waals surface area contributed by atoms with E-state index in [0.29, 0.717) is 6.54 Å². The third-order valence-corrected chi connectivity index (χ3v) is 3.35. The summed E-state index contributed by atoms with van der Waals surface area (Å²) in [6.07, 6.45) is 1.75. The predicted octanol–water partition coefficient (Wildman–Crippen LogP) is -0.681. The lowest BCUT2D eigenvalue weighted by Gasteiger charge is -2.16. The molecular weight excluding hydrogens is 234 g/mol. The summed E-state index contributed by atoms with van der Waals surface area (Å²) in [6.45, 7) is 1.46. The van der Waals surface area contributed by atoms with Gasteiger partial charge < -0.3 is 10.1 Å². The lowest BCUT2D eigenvalue weighted by Crippen LogP contribution is -2.47. The summed E-state index contributed by atoms with van der Waals surface area (Å²) in [5.74, 6) is 0. The number of carbonyl (C=O) groups is 1. The third-order valence-electron chi connectivity index (χ3n) is 2.27. The Kier molecular flexibility index (Phi) is 4.97. The number of ether oxygens (including phenoxy) is 1. The maximum Gasteiger partial charge on any atom is 0.421 e. The molecule has 7 nitrogen and oxygen atoms in total. The van der Waals surface area contributed by atoms with Crippen molar-refractivity contribution in [2.75, 3.05) is 20.2 Å². The number of carbonyl (C=O) groups excluding carboxylic acids is 1. The average Bonchev–Trinajstić information content (AvgIpc) is 2.44. The van der Waals surface area contributed by atoms with Crippen molar-refractivity contribution in [2.45, 2.75) is 25.3 Å². The molecule has 0 saturated carbocycles. The SMILES string of the molecule is COC(=O)NS(=O)(=O)NC1CCCCNC1. The van der Waals surface area contributed by atoms with Crippen molar-refractivity contribution < 1.29 is 17.9 Å². The van der Waals surface area contributed by atoms with E-state index in [1.54, 1.807) is 4.72 Å². The summed E-state index contributed by atoms with van der Waals surface area (Å²) in [7, 11) is -2.71. The molecule has 1 saturated heterocycles. The zero-order chi connectivity index (χ0) is 12.0. The summed E-state index contributed by atoms with van der Waals surface area (Å²) < 4.78 is 31.2. The van der Waals surface area contributed by atoms with Gasteiger partial charge in [0, 0.05) is 12.6 Å². The van der Waals surface area contributed by atoms with Crippen LogP contribution in [0, 0.1) is 0 Å². The maximum absolute atomic E-state index is 11.4. The lowest BCUT2D eigenvalue weighted by molar-refractivity contribution is 0.177. The molecule has 0 radical (unpaired) electrons. The van der Waals surface area contributed by atoms with Gasteiger partial charge in [-0.25, -0.2) is 9.52 Å². The largest absolute Gasteiger partial charge is 0.452 e. The van der Waals surface area contributed by atoms with Crippen molar-refractivity contribution >= 4 is 16.3 Å². The monoisotopic (exact) mass is 251 g/mol. The number of hydrogen-bond acceptors (Lipinski definition) is 5. The molecule has 0 aromatic carbocycles. The highest BCUT2D eigenvalue weighted by Crippen LogP contribution is 2.04. The molecule has 1 aliphatic rings. The van der Waals surface area contributed by atoms with E-state index in [1.165, 1.54) is 0 Å². The van der Waals surface area contributed by atoms with E-state index in [0.717, 1.165) is 32.9 Å². The fourth-order valence-corrected chi connectivity index (χ4v) is 2.52. The Morgan fingerprint density at radius 3 is 2.88 bits per heavy atom. The van der Waals surface area contributed by atoms with Crippen LogP contribution in [0.25, 0.3) is 0 Å². The highest BCUT2D eigenvalue weighted by Gasteiger charge is 2.20. The number of nitrogens with one attached hydrogen (secondary N) is 3. The van der Waals surface area contributed by atoms with Crippen LogP contribution in [0.2, 0.25) is 0 Å². The topological polar surface area (TPSA) is 96.5 Å². The summed E-state index contributed by atoms with van der Waals surface area (Å²) in [5.41, 5.74) is 0. The first-order valence-electron chi connectivity index (χ1n) is 5.12. The van der Waals surface area contributed by atoms with Gasteiger partial charge in [0.05, 0.1) is 7.11 Å². The van der Waals surface area contributed by atoms with Crippen molar-refractivity contribution in [3.8, 4) is 0 Å². The maximum atomic E-state index is 11.4. The van der Waals surface area contributed by atoms with E-state index in [9.17, 15) is 13.2 Å². The van der Waals surface area contributed by atoms with Crippen molar-refractivity contribution in [3.05, 3.63) is 0 Å². The summed E-state index contributed by atoms with van der Waals surface area (Å²) >= 11 is 0. The Morgan fingerprint density at radius 1 is 1.44 bits per heavy atom. The lowest BCUT2D eigenvalue weighted by atomic mass is 10.2. The number of hydrogen-bond donors (Lipinski definition) is 3. The second-order valence-electron chi connectivity index (χ2n) is 3.61. The molecule has 1 aliphatic heterocycles. The van der Waals surface area contributed by atoms with Crippen LogP contribution in [-0.4, -0.2) is 40.8 Å². The normalized spacial score (nSPS) is 22.2. The Bertz CT molecular complexity index is 322. The molecule has 1 heterocycles. The summed E-state index contributed by atoms with van der Waals surface area (Å²) in [5, 5.41) is 3.12. The summed E-state index contributed by atoms with van der Waals surface area (Å²) in [6, 6.07) is -0.190. The molecule has 0 aromatic heterocycles. The molecule has 1 amide bonds. The molecular formula is C8H17N3O4S. The molecule has 1 unspecified atom stereocenters. The van der Waals surface area contributed by atoms with E-state index < -0.39 is 16.3 Å². The van der Waals surface area contributed by atoms with Gasteiger partial charge in [0.15, 0.2) is 0 Å². The molecule has 3 N–H and O–H groups in total. The zero-order valence-corrected chi connectivity index (χ0v) is 9.97. The van der Waals surface area contributed by atoms with Gasteiger partial charge in [0.25, 0.3) is 0 Å². The first-order chi connectivity index (χ1) is 7.53. The molecule has 16 heavy (non-hydrogen) atoms. The van der Waals surface area contributed by atoms with E-state index in [2.05, 4.69) is 14.8 Å². The molecule has 8 heteroatoms.